The van der Waals surface area contributed by atoms with Gasteiger partial charge < -0.3 is 5.32 Å². The molecule has 2 aromatic heterocycles. The summed E-state index contributed by atoms with van der Waals surface area (Å²) in [5.41, 5.74) is 2.16. The molecule has 6 nitrogen and oxygen atoms in total. The fourth-order valence-electron chi connectivity index (χ4n) is 3.57. The topological polar surface area (TPSA) is 66.8 Å². The monoisotopic (exact) mass is 338 g/mol. The highest BCUT2D eigenvalue weighted by Crippen LogP contribution is 2.34. The average Bonchev–Trinajstić information content (AvgIpc) is 2.56. The van der Waals surface area contributed by atoms with Crippen LogP contribution in [-0.4, -0.2) is 44.0 Å². The lowest BCUT2D eigenvalue weighted by molar-refractivity contribution is 0.208. The van der Waals surface area contributed by atoms with Gasteiger partial charge in [0.05, 0.1) is 5.69 Å². The summed E-state index contributed by atoms with van der Waals surface area (Å²) in [4.78, 5) is 20.2. The van der Waals surface area contributed by atoms with Crippen molar-refractivity contribution in [3.8, 4) is 0 Å². The predicted octanol–water partition coefficient (Wildman–Crippen LogP) is 2.92. The van der Waals surface area contributed by atoms with Crippen molar-refractivity contribution in [3.05, 3.63) is 41.9 Å². The fourth-order valence-corrected chi connectivity index (χ4v) is 3.57. The molecule has 1 N–H and O–H groups in total. The van der Waals surface area contributed by atoms with E-state index in [4.69, 9.17) is 4.98 Å². The van der Waals surface area contributed by atoms with Gasteiger partial charge in [0.25, 0.3) is 0 Å². The Morgan fingerprint density at radius 1 is 1.12 bits per heavy atom. The van der Waals surface area contributed by atoms with Crippen molar-refractivity contribution in [1.82, 2.24) is 24.8 Å². The van der Waals surface area contributed by atoms with Gasteiger partial charge in [0.1, 0.15) is 18.0 Å². The van der Waals surface area contributed by atoms with E-state index in [2.05, 4.69) is 31.2 Å². The maximum atomic E-state index is 4.80. The Kier molecular flexibility index (Phi) is 4.88. The maximum Gasteiger partial charge on any atom is 0.131 e. The van der Waals surface area contributed by atoms with Gasteiger partial charge in [0.15, 0.2) is 0 Å². The normalized spacial score (nSPS) is 19.6. The van der Waals surface area contributed by atoms with Crippen LogP contribution in [0, 0.1) is 6.92 Å². The minimum atomic E-state index is 0.487. The lowest BCUT2D eigenvalue weighted by Gasteiger charge is -2.32. The highest BCUT2D eigenvalue weighted by molar-refractivity contribution is 5.35. The molecule has 2 aliphatic rings. The van der Waals surface area contributed by atoms with E-state index in [9.17, 15) is 0 Å². The second-order valence-electron chi connectivity index (χ2n) is 7.27. The van der Waals surface area contributed by atoms with Gasteiger partial charge in [0, 0.05) is 49.6 Å². The van der Waals surface area contributed by atoms with E-state index in [1.165, 1.54) is 19.3 Å². The maximum absolute atomic E-state index is 4.80. The average molecular weight is 338 g/mol. The summed E-state index contributed by atoms with van der Waals surface area (Å²) in [7, 11) is 0. The molecule has 2 fully saturated rings. The predicted molar refractivity (Wildman–Crippen MR) is 97.3 cm³/mol. The zero-order valence-electron chi connectivity index (χ0n) is 14.9. The Hall–Kier alpha value is -2.08. The molecule has 1 saturated carbocycles. The third-order valence-electron chi connectivity index (χ3n) is 5.33. The van der Waals surface area contributed by atoms with E-state index < -0.39 is 0 Å². The lowest BCUT2D eigenvalue weighted by Crippen LogP contribution is -2.39. The van der Waals surface area contributed by atoms with Gasteiger partial charge in [-0.3, -0.25) is 4.90 Å². The summed E-state index contributed by atoms with van der Waals surface area (Å²) in [5.74, 6) is 2.59. The second-order valence-corrected chi connectivity index (χ2v) is 7.27. The van der Waals surface area contributed by atoms with Gasteiger partial charge in [0.2, 0.25) is 0 Å². The Morgan fingerprint density at radius 3 is 2.68 bits per heavy atom. The summed E-state index contributed by atoms with van der Waals surface area (Å²) in [5, 5.41) is 3.54. The van der Waals surface area contributed by atoms with E-state index >= 15 is 0 Å². The molecule has 0 bridgehead atoms. The van der Waals surface area contributed by atoms with Crippen molar-refractivity contribution in [2.75, 3.05) is 18.4 Å². The van der Waals surface area contributed by atoms with Crippen molar-refractivity contribution in [2.45, 2.75) is 57.5 Å². The van der Waals surface area contributed by atoms with E-state index in [1.807, 2.05) is 19.2 Å². The molecular formula is C19H26N6. The summed E-state index contributed by atoms with van der Waals surface area (Å²) in [6.07, 6.45) is 9.65. The summed E-state index contributed by atoms with van der Waals surface area (Å²) in [6, 6.07) is 4.56. The van der Waals surface area contributed by atoms with Crippen molar-refractivity contribution < 1.29 is 0 Å². The number of hydrogen-bond acceptors (Lipinski definition) is 6. The van der Waals surface area contributed by atoms with Crippen LogP contribution in [0.15, 0.2) is 24.7 Å². The largest absolute Gasteiger partial charge is 0.367 e. The van der Waals surface area contributed by atoms with Crippen LogP contribution in [0.3, 0.4) is 0 Å². The van der Waals surface area contributed by atoms with E-state index in [0.717, 1.165) is 55.5 Å². The summed E-state index contributed by atoms with van der Waals surface area (Å²) >= 11 is 0. The molecule has 0 spiro atoms. The molecule has 0 amide bonds. The number of piperidine rings is 1. The number of likely N-dealkylation sites (tertiary alicyclic amines) is 1. The molecule has 2 aromatic rings. The van der Waals surface area contributed by atoms with Crippen LogP contribution in [-0.2, 0) is 6.54 Å². The number of hydrogen-bond donors (Lipinski definition) is 1. The van der Waals surface area contributed by atoms with Gasteiger partial charge in [-0.2, -0.15) is 0 Å². The SMILES string of the molecule is Cc1cc(NC2CCN(Cc3ccnc(C4CCC4)n3)CC2)ncn1. The first kappa shape index (κ1) is 16.4. The quantitative estimate of drug-likeness (QED) is 0.904. The molecule has 6 heteroatoms. The van der Waals surface area contributed by atoms with Crippen molar-refractivity contribution in [1.29, 1.82) is 0 Å². The Labute approximate surface area is 149 Å². The summed E-state index contributed by atoms with van der Waals surface area (Å²) < 4.78 is 0. The molecule has 3 heterocycles. The van der Waals surface area contributed by atoms with E-state index in [-0.39, 0.29) is 0 Å². The molecule has 1 aliphatic carbocycles. The molecule has 25 heavy (non-hydrogen) atoms. The third kappa shape index (κ3) is 4.12. The zero-order valence-corrected chi connectivity index (χ0v) is 14.9. The van der Waals surface area contributed by atoms with Crippen molar-refractivity contribution >= 4 is 5.82 Å². The molecule has 1 aliphatic heterocycles. The van der Waals surface area contributed by atoms with Crippen LogP contribution in [0.4, 0.5) is 5.82 Å². The Bertz CT molecular complexity index is 707. The number of anilines is 1. The highest BCUT2D eigenvalue weighted by Gasteiger charge is 2.23. The first-order valence-corrected chi connectivity index (χ1v) is 9.35. The van der Waals surface area contributed by atoms with Crippen LogP contribution in [0.25, 0.3) is 0 Å². The first-order valence-electron chi connectivity index (χ1n) is 9.35. The molecule has 1 saturated heterocycles. The van der Waals surface area contributed by atoms with Crippen LogP contribution >= 0.6 is 0 Å². The minimum absolute atomic E-state index is 0.487. The van der Waals surface area contributed by atoms with Crippen LogP contribution in [0.1, 0.15) is 55.2 Å². The van der Waals surface area contributed by atoms with E-state index in [1.54, 1.807) is 6.33 Å². The molecule has 132 valence electrons. The van der Waals surface area contributed by atoms with Crippen molar-refractivity contribution in [2.24, 2.45) is 0 Å². The molecular weight excluding hydrogens is 312 g/mol. The molecule has 0 radical (unpaired) electrons. The Balaban J connectivity index is 1.29. The minimum Gasteiger partial charge on any atom is -0.367 e. The molecule has 0 unspecified atom stereocenters. The van der Waals surface area contributed by atoms with Gasteiger partial charge in [-0.15, -0.1) is 0 Å². The molecule has 0 aromatic carbocycles. The Morgan fingerprint density at radius 2 is 1.96 bits per heavy atom. The second kappa shape index (κ2) is 7.44. The van der Waals surface area contributed by atoms with Crippen LogP contribution < -0.4 is 5.32 Å². The van der Waals surface area contributed by atoms with Gasteiger partial charge >= 0.3 is 0 Å². The van der Waals surface area contributed by atoms with Crippen LogP contribution in [0.2, 0.25) is 0 Å². The standard InChI is InChI=1S/C19H26N6/c1-14-11-18(22-13-21-14)23-16-6-9-25(10-7-16)12-17-5-8-20-19(24-17)15-3-2-4-15/h5,8,11,13,15-16H,2-4,6-7,9-10,12H2,1H3,(H,21,22,23). The number of rotatable bonds is 5. The molecule has 0 atom stereocenters. The smallest absolute Gasteiger partial charge is 0.131 e. The van der Waals surface area contributed by atoms with Crippen molar-refractivity contribution in [3.63, 3.8) is 0 Å². The first-order chi connectivity index (χ1) is 12.3. The van der Waals surface area contributed by atoms with Crippen LogP contribution in [0.5, 0.6) is 0 Å². The fraction of sp³-hybridized carbons (Fsp3) is 0.579. The number of aryl methyl sites for hydroxylation is 1. The molecule has 4 rings (SSSR count). The zero-order chi connectivity index (χ0) is 17.1. The highest BCUT2D eigenvalue weighted by atomic mass is 15.2. The lowest BCUT2D eigenvalue weighted by atomic mass is 9.85. The third-order valence-corrected chi connectivity index (χ3v) is 5.33. The number of aromatic nitrogens is 4. The van der Waals surface area contributed by atoms with E-state index in [0.29, 0.717) is 12.0 Å². The van der Waals surface area contributed by atoms with Gasteiger partial charge in [-0.05, 0) is 38.7 Å². The van der Waals surface area contributed by atoms with Gasteiger partial charge in [-0.1, -0.05) is 6.42 Å². The number of nitrogens with zero attached hydrogens (tertiary/aromatic N) is 5. The summed E-state index contributed by atoms with van der Waals surface area (Å²) in [6.45, 7) is 5.10. The number of nitrogens with one attached hydrogen (secondary N) is 1. The van der Waals surface area contributed by atoms with Gasteiger partial charge in [-0.25, -0.2) is 19.9 Å².